The second-order valence-corrected chi connectivity index (χ2v) is 7.96. The second kappa shape index (κ2) is 8.78. The number of ether oxygens (including phenoxy) is 2. The summed E-state index contributed by atoms with van der Waals surface area (Å²) in [4.78, 5) is 28.0. The predicted molar refractivity (Wildman–Crippen MR) is 122 cm³/mol. The normalized spacial score (nSPS) is 12.2. The monoisotopic (exact) mass is 442 g/mol. The van der Waals surface area contributed by atoms with Gasteiger partial charge in [0, 0.05) is 42.4 Å². The third kappa shape index (κ3) is 4.30. The molecule has 0 amide bonds. The molecule has 0 saturated heterocycles. The summed E-state index contributed by atoms with van der Waals surface area (Å²) in [5.41, 5.74) is 4.00. The maximum atomic E-state index is 12.7. The standard InChI is InChI=1S/C26H22N2O5/c29-25(30)8-7-19-15-28(22-14-24-23(13-20(19)22)32-16-33-24)11-9-17-4-3-5-18(12-17)26(31)21-6-1-2-10-27-21/h1-6,10,12-15H,7-9,11,16H2,(H,29,30). The molecule has 0 atom stereocenters. The van der Waals surface area contributed by atoms with Crippen LogP contribution in [0, 0.1) is 0 Å². The van der Waals surface area contributed by atoms with E-state index in [0.29, 0.717) is 42.1 Å². The number of aliphatic carboxylic acids is 1. The Labute approximate surface area is 190 Å². The Bertz CT molecular complexity index is 1340. The first-order valence-electron chi connectivity index (χ1n) is 10.8. The zero-order valence-corrected chi connectivity index (χ0v) is 17.9. The van der Waals surface area contributed by atoms with Crippen LogP contribution in [0.3, 0.4) is 0 Å². The molecular formula is C26H22N2O5. The van der Waals surface area contributed by atoms with Crippen LogP contribution >= 0.6 is 0 Å². The molecule has 5 rings (SSSR count). The molecule has 33 heavy (non-hydrogen) atoms. The summed E-state index contributed by atoms with van der Waals surface area (Å²) in [6.07, 6.45) is 4.82. The van der Waals surface area contributed by atoms with Gasteiger partial charge in [-0.1, -0.05) is 24.3 Å². The number of nitrogens with zero attached hydrogens (tertiary/aromatic N) is 2. The first-order chi connectivity index (χ1) is 16.1. The van der Waals surface area contributed by atoms with Crippen LogP contribution in [0.2, 0.25) is 0 Å². The van der Waals surface area contributed by atoms with Crippen LogP contribution in [0.25, 0.3) is 10.9 Å². The quantitative estimate of drug-likeness (QED) is 0.410. The number of aromatic nitrogens is 2. The highest BCUT2D eigenvalue weighted by molar-refractivity contribution is 6.07. The zero-order valence-electron chi connectivity index (χ0n) is 17.9. The van der Waals surface area contributed by atoms with Gasteiger partial charge in [0.1, 0.15) is 5.69 Å². The number of carbonyl (C=O) groups excluding carboxylic acids is 1. The van der Waals surface area contributed by atoms with Gasteiger partial charge >= 0.3 is 5.97 Å². The van der Waals surface area contributed by atoms with Gasteiger partial charge in [-0.3, -0.25) is 14.6 Å². The van der Waals surface area contributed by atoms with E-state index in [1.54, 1.807) is 30.5 Å². The molecule has 1 aliphatic heterocycles. The van der Waals surface area contributed by atoms with E-state index < -0.39 is 5.97 Å². The number of hydrogen-bond donors (Lipinski definition) is 1. The van der Waals surface area contributed by atoms with Gasteiger partial charge in [0.05, 0.1) is 5.52 Å². The first-order valence-corrected chi connectivity index (χ1v) is 10.8. The van der Waals surface area contributed by atoms with Crippen molar-refractivity contribution in [1.82, 2.24) is 9.55 Å². The number of carbonyl (C=O) groups is 2. The molecule has 7 heteroatoms. The molecule has 1 N–H and O–H groups in total. The number of carboxylic acids is 1. The highest BCUT2D eigenvalue weighted by Crippen LogP contribution is 2.38. The molecule has 0 bridgehead atoms. The maximum absolute atomic E-state index is 12.7. The maximum Gasteiger partial charge on any atom is 0.303 e. The molecule has 2 aromatic heterocycles. The lowest BCUT2D eigenvalue weighted by atomic mass is 10.0. The van der Waals surface area contributed by atoms with Gasteiger partial charge < -0.3 is 19.1 Å². The van der Waals surface area contributed by atoms with E-state index in [9.17, 15) is 9.59 Å². The highest BCUT2D eigenvalue weighted by atomic mass is 16.7. The van der Waals surface area contributed by atoms with Crippen LogP contribution < -0.4 is 9.47 Å². The molecule has 0 unspecified atom stereocenters. The fourth-order valence-electron chi connectivity index (χ4n) is 4.14. The van der Waals surface area contributed by atoms with Crippen molar-refractivity contribution in [2.45, 2.75) is 25.8 Å². The number of fused-ring (bicyclic) bond motifs is 2. The van der Waals surface area contributed by atoms with E-state index >= 15 is 0 Å². The minimum absolute atomic E-state index is 0.0607. The number of hydrogen-bond acceptors (Lipinski definition) is 5. The fraction of sp³-hybridized carbons (Fsp3) is 0.192. The van der Waals surface area contributed by atoms with Crippen molar-refractivity contribution in [3.8, 4) is 11.5 Å². The average molecular weight is 442 g/mol. The van der Waals surface area contributed by atoms with E-state index in [-0.39, 0.29) is 19.0 Å². The van der Waals surface area contributed by atoms with Crippen LogP contribution in [0.15, 0.2) is 67.0 Å². The number of aryl methyl sites for hydroxylation is 3. The van der Waals surface area contributed by atoms with Crippen molar-refractivity contribution in [2.75, 3.05) is 6.79 Å². The lowest BCUT2D eigenvalue weighted by Gasteiger charge is -2.08. The summed E-state index contributed by atoms with van der Waals surface area (Å²) in [6, 6.07) is 16.8. The topological polar surface area (TPSA) is 90.7 Å². The Kier molecular flexibility index (Phi) is 5.52. The Hall–Kier alpha value is -4.13. The van der Waals surface area contributed by atoms with Crippen LogP contribution in [-0.2, 0) is 24.2 Å². The van der Waals surface area contributed by atoms with Crippen molar-refractivity contribution >= 4 is 22.7 Å². The van der Waals surface area contributed by atoms with Crippen molar-refractivity contribution in [1.29, 1.82) is 0 Å². The predicted octanol–water partition coefficient (Wildman–Crippen LogP) is 4.26. The molecule has 0 radical (unpaired) electrons. The number of carboxylic acid groups (broad SMARTS) is 1. The summed E-state index contributed by atoms with van der Waals surface area (Å²) in [5, 5.41) is 10.1. The van der Waals surface area contributed by atoms with Crippen molar-refractivity contribution in [3.63, 3.8) is 0 Å². The van der Waals surface area contributed by atoms with Crippen LogP contribution in [0.5, 0.6) is 11.5 Å². The van der Waals surface area contributed by atoms with Gasteiger partial charge in [0.2, 0.25) is 12.6 Å². The smallest absolute Gasteiger partial charge is 0.303 e. The van der Waals surface area contributed by atoms with Gasteiger partial charge in [-0.05, 0) is 48.2 Å². The molecule has 0 saturated carbocycles. The molecule has 0 fully saturated rings. The van der Waals surface area contributed by atoms with E-state index in [4.69, 9.17) is 14.6 Å². The molecular weight excluding hydrogens is 420 g/mol. The molecule has 2 aromatic carbocycles. The minimum Gasteiger partial charge on any atom is -0.481 e. The second-order valence-electron chi connectivity index (χ2n) is 7.96. The SMILES string of the molecule is O=C(O)CCc1cn(CCc2cccc(C(=O)c3ccccn3)c2)c2cc3c(cc12)OCO3. The molecule has 166 valence electrons. The van der Waals surface area contributed by atoms with Gasteiger partial charge in [0.25, 0.3) is 0 Å². The Morgan fingerprint density at radius 3 is 2.64 bits per heavy atom. The first kappa shape index (κ1) is 20.8. The van der Waals surface area contributed by atoms with Gasteiger partial charge in [-0.2, -0.15) is 0 Å². The number of rotatable bonds is 8. The number of ketones is 1. The largest absolute Gasteiger partial charge is 0.481 e. The van der Waals surface area contributed by atoms with Crippen molar-refractivity contribution in [2.24, 2.45) is 0 Å². The average Bonchev–Trinajstić information content (AvgIpc) is 3.44. The minimum atomic E-state index is -0.828. The zero-order chi connectivity index (χ0) is 22.8. The lowest BCUT2D eigenvalue weighted by Crippen LogP contribution is -2.05. The summed E-state index contributed by atoms with van der Waals surface area (Å²) in [7, 11) is 0. The van der Waals surface area contributed by atoms with Crippen LogP contribution in [0.1, 0.15) is 33.6 Å². The Balaban J connectivity index is 1.40. The van der Waals surface area contributed by atoms with Crippen LogP contribution in [0.4, 0.5) is 0 Å². The molecule has 1 aliphatic rings. The fourth-order valence-corrected chi connectivity index (χ4v) is 4.14. The van der Waals surface area contributed by atoms with Crippen molar-refractivity contribution < 1.29 is 24.2 Å². The van der Waals surface area contributed by atoms with Crippen LogP contribution in [-0.4, -0.2) is 33.2 Å². The third-order valence-corrected chi connectivity index (χ3v) is 5.79. The molecule has 3 heterocycles. The Morgan fingerprint density at radius 1 is 1.00 bits per heavy atom. The lowest BCUT2D eigenvalue weighted by molar-refractivity contribution is -0.136. The molecule has 0 aliphatic carbocycles. The highest BCUT2D eigenvalue weighted by Gasteiger charge is 2.19. The summed E-state index contributed by atoms with van der Waals surface area (Å²) in [5.74, 6) is 0.436. The Morgan fingerprint density at radius 2 is 1.85 bits per heavy atom. The van der Waals surface area contributed by atoms with Gasteiger partial charge in [-0.25, -0.2) is 0 Å². The van der Waals surface area contributed by atoms with E-state index in [0.717, 1.165) is 22.0 Å². The summed E-state index contributed by atoms with van der Waals surface area (Å²) >= 11 is 0. The third-order valence-electron chi connectivity index (χ3n) is 5.79. The van der Waals surface area contributed by atoms with E-state index in [2.05, 4.69) is 9.55 Å². The van der Waals surface area contributed by atoms with E-state index in [1.165, 1.54) is 0 Å². The number of pyridine rings is 1. The summed E-state index contributed by atoms with van der Waals surface area (Å²) in [6.45, 7) is 0.855. The van der Waals surface area contributed by atoms with Gasteiger partial charge in [0.15, 0.2) is 11.5 Å². The summed E-state index contributed by atoms with van der Waals surface area (Å²) < 4.78 is 13.2. The number of benzene rings is 2. The van der Waals surface area contributed by atoms with E-state index in [1.807, 2.05) is 36.5 Å². The molecule has 7 nitrogen and oxygen atoms in total. The molecule has 0 spiro atoms. The van der Waals surface area contributed by atoms with Crippen molar-refractivity contribution in [3.05, 3.63) is 89.4 Å². The van der Waals surface area contributed by atoms with Gasteiger partial charge in [-0.15, -0.1) is 0 Å². The molecule has 4 aromatic rings.